The Bertz CT molecular complexity index is 570. The van der Waals surface area contributed by atoms with Crippen LogP contribution < -0.4 is 16.0 Å². The molecule has 1 aromatic carbocycles. The highest BCUT2D eigenvalue weighted by atomic mass is 35.5. The number of anilines is 2. The molecule has 150 valence electrons. The Kier molecular flexibility index (Phi) is 11.4. The van der Waals surface area contributed by atoms with Gasteiger partial charge < -0.3 is 16.0 Å². The molecule has 0 saturated carbocycles. The van der Waals surface area contributed by atoms with Crippen molar-refractivity contribution in [1.29, 1.82) is 0 Å². The van der Waals surface area contributed by atoms with Crippen molar-refractivity contribution >= 4 is 53.9 Å². The van der Waals surface area contributed by atoms with Crippen molar-refractivity contribution in [2.24, 2.45) is 0 Å². The summed E-state index contributed by atoms with van der Waals surface area (Å²) in [5, 5.41) is 8.92. The van der Waals surface area contributed by atoms with E-state index in [0.29, 0.717) is 12.2 Å². The fraction of sp³-hybridized carbons (Fsp3) is 0.562. The van der Waals surface area contributed by atoms with Gasteiger partial charge in [0, 0.05) is 37.1 Å². The maximum atomic E-state index is 12.9. The van der Waals surface area contributed by atoms with E-state index >= 15 is 0 Å². The molecule has 1 aliphatic rings. The summed E-state index contributed by atoms with van der Waals surface area (Å²) in [5.41, 5.74) is -0.0953. The van der Waals surface area contributed by atoms with Crippen molar-refractivity contribution in [2.45, 2.75) is 32.0 Å². The molecule has 1 amide bonds. The Balaban J connectivity index is 0.00000312. The molecule has 3 N–H and O–H groups in total. The van der Waals surface area contributed by atoms with Gasteiger partial charge in [0.2, 0.25) is 5.91 Å². The summed E-state index contributed by atoms with van der Waals surface area (Å²) in [6, 6.07) is 3.43. The minimum Gasteiger partial charge on any atom is -0.383 e. The van der Waals surface area contributed by atoms with E-state index in [0.717, 1.165) is 36.6 Å². The molecule has 1 heterocycles. The number of nitrogens with one attached hydrogen (secondary N) is 3. The standard InChI is InChI=1S/C16H22F3N3OS.2ClH/c1-2-5-21-13-4-3-11(16(17,18)19)8-14(13)22-15(23)9-12-10-24-7-6-20-12;;/h3-4,8,12,20-21H,2,5-7,9-10H2,1H3,(H,22,23);2*1H. The van der Waals surface area contributed by atoms with Crippen LogP contribution in [0.4, 0.5) is 24.5 Å². The first-order valence-corrected chi connectivity index (χ1v) is 9.11. The van der Waals surface area contributed by atoms with Crippen LogP contribution in [-0.2, 0) is 11.0 Å². The van der Waals surface area contributed by atoms with Gasteiger partial charge in [0.05, 0.1) is 16.9 Å². The number of hydrogen-bond acceptors (Lipinski definition) is 4. The zero-order valence-electron chi connectivity index (χ0n) is 14.3. The summed E-state index contributed by atoms with van der Waals surface area (Å²) in [4.78, 5) is 12.2. The Hall–Kier alpha value is -0.830. The molecule has 0 radical (unpaired) electrons. The topological polar surface area (TPSA) is 53.2 Å². The van der Waals surface area contributed by atoms with E-state index in [1.807, 2.05) is 6.92 Å². The minimum atomic E-state index is -4.44. The summed E-state index contributed by atoms with van der Waals surface area (Å²) in [7, 11) is 0. The van der Waals surface area contributed by atoms with E-state index < -0.39 is 11.7 Å². The van der Waals surface area contributed by atoms with E-state index in [9.17, 15) is 18.0 Å². The van der Waals surface area contributed by atoms with Gasteiger partial charge in [-0.05, 0) is 24.6 Å². The molecular formula is C16H24Cl2F3N3OS. The fourth-order valence-corrected chi connectivity index (χ4v) is 3.36. The predicted octanol–water partition coefficient (Wildman–Crippen LogP) is 4.40. The monoisotopic (exact) mass is 433 g/mol. The van der Waals surface area contributed by atoms with Gasteiger partial charge in [0.25, 0.3) is 0 Å². The van der Waals surface area contributed by atoms with Crippen molar-refractivity contribution in [1.82, 2.24) is 5.32 Å². The van der Waals surface area contributed by atoms with E-state index in [-0.39, 0.29) is 48.9 Å². The quantitative estimate of drug-likeness (QED) is 0.621. The second-order valence-electron chi connectivity index (χ2n) is 5.66. The summed E-state index contributed by atoms with van der Waals surface area (Å²) in [5.74, 6) is 1.56. The van der Waals surface area contributed by atoms with Gasteiger partial charge in [0.1, 0.15) is 0 Å². The average molecular weight is 434 g/mol. The molecule has 1 saturated heterocycles. The third-order valence-electron chi connectivity index (χ3n) is 3.62. The van der Waals surface area contributed by atoms with Crippen LogP contribution in [0.25, 0.3) is 0 Å². The van der Waals surface area contributed by atoms with Gasteiger partial charge in [0.15, 0.2) is 0 Å². The van der Waals surface area contributed by atoms with Crippen molar-refractivity contribution in [3.8, 4) is 0 Å². The zero-order valence-corrected chi connectivity index (χ0v) is 16.8. The minimum absolute atomic E-state index is 0. The Morgan fingerprint density at radius 3 is 2.62 bits per heavy atom. The van der Waals surface area contributed by atoms with Crippen molar-refractivity contribution in [3.63, 3.8) is 0 Å². The lowest BCUT2D eigenvalue weighted by Crippen LogP contribution is -2.40. The van der Waals surface area contributed by atoms with Crippen molar-refractivity contribution in [2.75, 3.05) is 35.2 Å². The van der Waals surface area contributed by atoms with Crippen LogP contribution in [0.15, 0.2) is 18.2 Å². The van der Waals surface area contributed by atoms with Crippen molar-refractivity contribution in [3.05, 3.63) is 23.8 Å². The number of amides is 1. The zero-order chi connectivity index (χ0) is 17.6. The van der Waals surface area contributed by atoms with Gasteiger partial charge in [-0.15, -0.1) is 24.8 Å². The third-order valence-corrected chi connectivity index (χ3v) is 4.75. The molecule has 1 unspecified atom stereocenters. The number of hydrogen-bond donors (Lipinski definition) is 3. The van der Waals surface area contributed by atoms with Crippen LogP contribution in [0.1, 0.15) is 25.3 Å². The van der Waals surface area contributed by atoms with Gasteiger partial charge in [-0.25, -0.2) is 0 Å². The lowest BCUT2D eigenvalue weighted by molar-refractivity contribution is -0.137. The van der Waals surface area contributed by atoms with Gasteiger partial charge in [-0.1, -0.05) is 6.92 Å². The number of thioether (sulfide) groups is 1. The molecule has 1 fully saturated rings. The van der Waals surface area contributed by atoms with Gasteiger partial charge >= 0.3 is 6.18 Å². The fourth-order valence-electron chi connectivity index (χ4n) is 2.41. The summed E-state index contributed by atoms with van der Waals surface area (Å²) in [6.45, 7) is 3.42. The van der Waals surface area contributed by atoms with E-state index in [4.69, 9.17) is 0 Å². The third kappa shape index (κ3) is 7.82. The largest absolute Gasteiger partial charge is 0.416 e. The van der Waals surface area contributed by atoms with Gasteiger partial charge in [-0.2, -0.15) is 24.9 Å². The molecule has 10 heteroatoms. The van der Waals surface area contributed by atoms with E-state index in [1.54, 1.807) is 11.8 Å². The Morgan fingerprint density at radius 2 is 2.04 bits per heavy atom. The molecule has 1 aromatic rings. The van der Waals surface area contributed by atoms with Crippen LogP contribution in [0.3, 0.4) is 0 Å². The lowest BCUT2D eigenvalue weighted by Gasteiger charge is -2.23. The summed E-state index contributed by atoms with van der Waals surface area (Å²) < 4.78 is 38.7. The van der Waals surface area contributed by atoms with Crippen LogP contribution in [0.2, 0.25) is 0 Å². The molecule has 0 spiro atoms. The van der Waals surface area contributed by atoms with Crippen molar-refractivity contribution < 1.29 is 18.0 Å². The highest BCUT2D eigenvalue weighted by Gasteiger charge is 2.31. The van der Waals surface area contributed by atoms with Crippen LogP contribution in [0.5, 0.6) is 0 Å². The molecule has 1 atom stereocenters. The molecular weight excluding hydrogens is 410 g/mol. The maximum absolute atomic E-state index is 12.9. The Morgan fingerprint density at radius 1 is 1.31 bits per heavy atom. The number of benzene rings is 1. The van der Waals surface area contributed by atoms with E-state index in [1.165, 1.54) is 6.07 Å². The molecule has 4 nitrogen and oxygen atoms in total. The normalized spacial score (nSPS) is 16.8. The second-order valence-corrected chi connectivity index (χ2v) is 6.81. The first kappa shape index (κ1) is 25.2. The molecule has 0 bridgehead atoms. The molecule has 0 aromatic heterocycles. The number of rotatable bonds is 6. The first-order chi connectivity index (χ1) is 11.4. The lowest BCUT2D eigenvalue weighted by atomic mass is 10.1. The predicted molar refractivity (Wildman–Crippen MR) is 107 cm³/mol. The van der Waals surface area contributed by atoms with Crippen LogP contribution in [-0.4, -0.2) is 36.5 Å². The first-order valence-electron chi connectivity index (χ1n) is 7.96. The smallest absolute Gasteiger partial charge is 0.383 e. The SMILES string of the molecule is CCCNc1ccc(C(F)(F)F)cc1NC(=O)CC1CSCCN1.Cl.Cl. The van der Waals surface area contributed by atoms with E-state index in [2.05, 4.69) is 16.0 Å². The highest BCUT2D eigenvalue weighted by Crippen LogP contribution is 2.34. The summed E-state index contributed by atoms with van der Waals surface area (Å²) in [6.07, 6.45) is -3.36. The number of carbonyl (C=O) groups excluding carboxylic acids is 1. The van der Waals surface area contributed by atoms with Crippen LogP contribution >= 0.6 is 36.6 Å². The average Bonchev–Trinajstić information content (AvgIpc) is 2.53. The Labute approximate surface area is 168 Å². The number of carbonyl (C=O) groups is 1. The molecule has 26 heavy (non-hydrogen) atoms. The molecule has 2 rings (SSSR count). The number of halogens is 5. The molecule has 1 aliphatic heterocycles. The van der Waals surface area contributed by atoms with Gasteiger partial charge in [-0.3, -0.25) is 4.79 Å². The van der Waals surface area contributed by atoms with Crippen LogP contribution in [0, 0.1) is 0 Å². The number of alkyl halides is 3. The maximum Gasteiger partial charge on any atom is 0.416 e. The molecule has 0 aliphatic carbocycles. The summed E-state index contributed by atoms with van der Waals surface area (Å²) >= 11 is 1.77. The highest BCUT2D eigenvalue weighted by molar-refractivity contribution is 7.99. The second kappa shape index (κ2) is 11.8.